The van der Waals surface area contributed by atoms with Gasteiger partial charge in [-0.25, -0.2) is 0 Å². The number of allylic oxidation sites excluding steroid dienone is 2. The molecule has 1 rings (SSSR count). The fourth-order valence-corrected chi connectivity index (χ4v) is 1.27. The molecule has 0 aromatic carbocycles. The molecule has 11 heavy (non-hydrogen) atoms. The van der Waals surface area contributed by atoms with Crippen molar-refractivity contribution >= 4 is 5.84 Å². The topological polar surface area (TPSA) is 49.9 Å². The molecule has 0 unspecified atom stereocenters. The maximum Gasteiger partial charge on any atom is 0.122 e. The van der Waals surface area contributed by atoms with Crippen LogP contribution in [0.15, 0.2) is 23.3 Å². The van der Waals surface area contributed by atoms with Gasteiger partial charge in [0.1, 0.15) is 5.84 Å². The van der Waals surface area contributed by atoms with Gasteiger partial charge in [0, 0.05) is 5.57 Å². The monoisotopic (exact) mass is 150 g/mol. The van der Waals surface area contributed by atoms with Crippen LogP contribution in [-0.4, -0.2) is 5.84 Å². The van der Waals surface area contributed by atoms with E-state index >= 15 is 0 Å². The van der Waals surface area contributed by atoms with Crippen molar-refractivity contribution < 1.29 is 0 Å². The van der Waals surface area contributed by atoms with Gasteiger partial charge in [-0.15, -0.1) is 0 Å². The predicted molar refractivity (Wildman–Crippen MR) is 47.5 cm³/mol. The lowest BCUT2D eigenvalue weighted by Gasteiger charge is -2.17. The second kappa shape index (κ2) is 2.91. The minimum Gasteiger partial charge on any atom is -0.384 e. The van der Waals surface area contributed by atoms with Gasteiger partial charge in [0.25, 0.3) is 0 Å². The van der Waals surface area contributed by atoms with Crippen LogP contribution < -0.4 is 5.73 Å². The third-order valence-corrected chi connectivity index (χ3v) is 2.23. The summed E-state index contributed by atoms with van der Waals surface area (Å²) in [4.78, 5) is 0. The zero-order chi connectivity index (χ0) is 8.43. The van der Waals surface area contributed by atoms with E-state index in [9.17, 15) is 0 Å². The van der Waals surface area contributed by atoms with Crippen molar-refractivity contribution in [1.29, 1.82) is 5.41 Å². The lowest BCUT2D eigenvalue weighted by Crippen LogP contribution is -2.17. The number of hydrogen-bond acceptors (Lipinski definition) is 1. The lowest BCUT2D eigenvalue weighted by molar-refractivity contribution is 0.682. The number of nitrogens with one attached hydrogen (secondary N) is 1. The first-order valence-corrected chi connectivity index (χ1v) is 3.84. The van der Waals surface area contributed by atoms with Crippen molar-refractivity contribution in [1.82, 2.24) is 0 Å². The number of hydrogen-bond donors (Lipinski definition) is 2. The van der Waals surface area contributed by atoms with Crippen molar-refractivity contribution in [3.63, 3.8) is 0 Å². The minimum atomic E-state index is 0.185. The standard InChI is InChI=1S/C9H14N2/c1-6-4-3-5-8(7(6)2)9(10)11/h3,5-6H,4H2,1-2H3,(H3,10,11)/t6-/m1/s1. The quantitative estimate of drug-likeness (QED) is 0.435. The highest BCUT2D eigenvalue weighted by Gasteiger charge is 2.12. The minimum absolute atomic E-state index is 0.185. The average Bonchev–Trinajstić information content (AvgIpc) is 1.94. The molecule has 0 aromatic rings. The van der Waals surface area contributed by atoms with Crippen LogP contribution in [0.3, 0.4) is 0 Å². The van der Waals surface area contributed by atoms with Gasteiger partial charge in [-0.3, -0.25) is 5.41 Å². The Morgan fingerprint density at radius 2 is 2.36 bits per heavy atom. The summed E-state index contributed by atoms with van der Waals surface area (Å²) in [5.74, 6) is 0.726. The molecule has 0 amide bonds. The number of rotatable bonds is 1. The lowest BCUT2D eigenvalue weighted by atomic mass is 9.89. The van der Waals surface area contributed by atoms with Crippen molar-refractivity contribution in [2.24, 2.45) is 11.7 Å². The fourth-order valence-electron chi connectivity index (χ4n) is 1.27. The van der Waals surface area contributed by atoms with Crippen LogP contribution in [0.2, 0.25) is 0 Å². The molecule has 0 aliphatic heterocycles. The molecule has 1 aliphatic carbocycles. The normalized spacial score (nSPS) is 24.0. The zero-order valence-electron chi connectivity index (χ0n) is 7.02. The van der Waals surface area contributed by atoms with Crippen LogP contribution in [0, 0.1) is 11.3 Å². The smallest absolute Gasteiger partial charge is 0.122 e. The fraction of sp³-hybridized carbons (Fsp3) is 0.444. The summed E-state index contributed by atoms with van der Waals surface area (Å²) in [6.07, 6.45) is 5.09. The van der Waals surface area contributed by atoms with Gasteiger partial charge >= 0.3 is 0 Å². The molecule has 0 heterocycles. The molecule has 2 nitrogen and oxygen atoms in total. The summed E-state index contributed by atoms with van der Waals surface area (Å²) in [6.45, 7) is 4.20. The summed E-state index contributed by atoms with van der Waals surface area (Å²) in [5, 5.41) is 7.28. The third kappa shape index (κ3) is 1.50. The largest absolute Gasteiger partial charge is 0.384 e. The van der Waals surface area contributed by atoms with E-state index in [2.05, 4.69) is 13.0 Å². The van der Waals surface area contributed by atoms with Gasteiger partial charge in [0.05, 0.1) is 0 Å². The Labute approximate surface area is 67.3 Å². The Morgan fingerprint density at radius 3 is 2.82 bits per heavy atom. The molecule has 1 aliphatic rings. The van der Waals surface area contributed by atoms with Crippen LogP contribution in [0.1, 0.15) is 20.3 Å². The molecule has 3 N–H and O–H groups in total. The molecule has 2 heteroatoms. The SMILES string of the molecule is CC1=C(C(=N)N)C=CC[C@H]1C. The molecule has 1 atom stereocenters. The second-order valence-electron chi connectivity index (χ2n) is 3.05. The van der Waals surface area contributed by atoms with E-state index < -0.39 is 0 Å². The van der Waals surface area contributed by atoms with E-state index in [4.69, 9.17) is 11.1 Å². The third-order valence-electron chi connectivity index (χ3n) is 2.23. The Morgan fingerprint density at radius 1 is 1.73 bits per heavy atom. The summed E-state index contributed by atoms with van der Waals surface area (Å²) in [7, 11) is 0. The van der Waals surface area contributed by atoms with Crippen LogP contribution in [0.25, 0.3) is 0 Å². The Bertz CT molecular complexity index is 236. The van der Waals surface area contributed by atoms with Crippen LogP contribution in [-0.2, 0) is 0 Å². The van der Waals surface area contributed by atoms with E-state index in [1.165, 1.54) is 5.57 Å². The molecular weight excluding hydrogens is 136 g/mol. The van der Waals surface area contributed by atoms with E-state index in [1.54, 1.807) is 0 Å². The van der Waals surface area contributed by atoms with Gasteiger partial charge in [-0.05, 0) is 19.3 Å². The molecule has 0 bridgehead atoms. The summed E-state index contributed by atoms with van der Waals surface area (Å²) >= 11 is 0. The maximum atomic E-state index is 7.28. The van der Waals surface area contributed by atoms with Crippen molar-refractivity contribution in [3.8, 4) is 0 Å². The number of nitrogens with two attached hydrogens (primary N) is 1. The van der Waals surface area contributed by atoms with Gasteiger partial charge in [-0.1, -0.05) is 24.6 Å². The summed E-state index contributed by atoms with van der Waals surface area (Å²) in [6, 6.07) is 0. The van der Waals surface area contributed by atoms with E-state index in [0.29, 0.717) is 5.92 Å². The number of amidine groups is 1. The highest BCUT2D eigenvalue weighted by atomic mass is 14.7. The van der Waals surface area contributed by atoms with Gasteiger partial charge < -0.3 is 5.73 Å². The summed E-state index contributed by atoms with van der Waals surface area (Å²) < 4.78 is 0. The van der Waals surface area contributed by atoms with Crippen LogP contribution >= 0.6 is 0 Å². The molecule has 0 aromatic heterocycles. The maximum absolute atomic E-state index is 7.28. The Balaban J connectivity index is 2.98. The van der Waals surface area contributed by atoms with Crippen molar-refractivity contribution in [3.05, 3.63) is 23.3 Å². The molecular formula is C9H14N2. The first-order chi connectivity index (χ1) is 5.13. The predicted octanol–water partition coefficient (Wildman–Crippen LogP) is 1.83. The second-order valence-corrected chi connectivity index (χ2v) is 3.05. The first kappa shape index (κ1) is 8.05. The van der Waals surface area contributed by atoms with Gasteiger partial charge in [0.2, 0.25) is 0 Å². The van der Waals surface area contributed by atoms with Crippen molar-refractivity contribution in [2.75, 3.05) is 0 Å². The van der Waals surface area contributed by atoms with E-state index in [1.807, 2.05) is 13.0 Å². The van der Waals surface area contributed by atoms with Crippen molar-refractivity contribution in [2.45, 2.75) is 20.3 Å². The van der Waals surface area contributed by atoms with Crippen LogP contribution in [0.5, 0.6) is 0 Å². The highest BCUT2D eigenvalue weighted by Crippen LogP contribution is 2.23. The molecule has 0 radical (unpaired) electrons. The molecule has 0 saturated heterocycles. The zero-order valence-corrected chi connectivity index (χ0v) is 7.02. The first-order valence-electron chi connectivity index (χ1n) is 3.84. The Hall–Kier alpha value is -1.05. The highest BCUT2D eigenvalue weighted by molar-refractivity contribution is 5.98. The van der Waals surface area contributed by atoms with E-state index in [-0.39, 0.29) is 5.84 Å². The summed E-state index contributed by atoms with van der Waals surface area (Å²) in [5.41, 5.74) is 7.54. The molecule has 0 saturated carbocycles. The molecule has 0 fully saturated rings. The molecule has 0 spiro atoms. The average molecular weight is 150 g/mol. The van der Waals surface area contributed by atoms with Gasteiger partial charge in [-0.2, -0.15) is 0 Å². The molecule has 60 valence electrons. The van der Waals surface area contributed by atoms with E-state index in [0.717, 1.165) is 12.0 Å². The Kier molecular flexibility index (Phi) is 2.13. The van der Waals surface area contributed by atoms with Crippen LogP contribution in [0.4, 0.5) is 0 Å². The van der Waals surface area contributed by atoms with Gasteiger partial charge in [0.15, 0.2) is 0 Å².